The summed E-state index contributed by atoms with van der Waals surface area (Å²) in [6, 6.07) is 1.85. The molecular weight excluding hydrogens is 500 g/mol. The summed E-state index contributed by atoms with van der Waals surface area (Å²) in [5.41, 5.74) is 13.1. The Hall–Kier alpha value is -4.01. The smallest absolute Gasteiger partial charge is 0.328 e. The van der Waals surface area contributed by atoms with Crippen LogP contribution in [0.4, 0.5) is 0 Å². The minimum Gasteiger partial charge on any atom is -0.481 e. The van der Waals surface area contributed by atoms with Crippen LogP contribution in [0.15, 0.2) is 30.5 Å². The number of aromatic amines is 1. The Morgan fingerprint density at radius 3 is 2.16 bits per heavy atom. The van der Waals surface area contributed by atoms with Crippen LogP contribution in [0.5, 0.6) is 0 Å². The minimum absolute atomic E-state index is 0.0559. The van der Waals surface area contributed by atoms with Crippen LogP contribution in [0, 0.1) is 0 Å². The van der Waals surface area contributed by atoms with Crippen molar-refractivity contribution in [3.8, 4) is 0 Å². The fraction of sp³-hybridized carbons (Fsp3) is 0.458. The number of aliphatic hydroxyl groups is 1. The molecule has 14 heteroatoms. The van der Waals surface area contributed by atoms with E-state index < -0.39 is 66.9 Å². The first-order chi connectivity index (χ1) is 18.1. The molecule has 2 aromatic rings. The number of carbonyl (C=O) groups is 5. The fourth-order valence-corrected chi connectivity index (χ4v) is 3.78. The van der Waals surface area contributed by atoms with Gasteiger partial charge in [-0.05, 0) is 43.9 Å². The van der Waals surface area contributed by atoms with Gasteiger partial charge in [-0.25, -0.2) is 4.79 Å². The Morgan fingerprint density at radius 1 is 0.895 bits per heavy atom. The summed E-state index contributed by atoms with van der Waals surface area (Å²) in [6.45, 7) is -0.570. The standard InChI is InChI=1S/C24H34N6O8/c25-8-4-3-7-17(22(35)30-19(12-31)24(37)38)28-23(36)18(10-20(32)33)29-21(34)15(26)9-13-11-27-16-6-2-1-5-14(13)16/h1-2,5-6,11,15,17-19,27,31H,3-4,7-10,12,25-26H2,(H,28,36)(H,29,34)(H,30,35)(H,32,33)(H,37,38). The zero-order chi connectivity index (χ0) is 28.2. The van der Waals surface area contributed by atoms with Gasteiger partial charge in [0.15, 0.2) is 0 Å². The van der Waals surface area contributed by atoms with Crippen molar-refractivity contribution in [1.29, 1.82) is 0 Å². The third-order valence-corrected chi connectivity index (χ3v) is 5.84. The number of fused-ring (bicyclic) bond motifs is 1. The lowest BCUT2D eigenvalue weighted by molar-refractivity contribution is -0.144. The van der Waals surface area contributed by atoms with Gasteiger partial charge in [-0.15, -0.1) is 0 Å². The molecule has 0 aliphatic heterocycles. The van der Waals surface area contributed by atoms with E-state index in [4.69, 9.17) is 16.6 Å². The highest BCUT2D eigenvalue weighted by atomic mass is 16.4. The number of para-hydroxylation sites is 1. The van der Waals surface area contributed by atoms with Crippen molar-refractivity contribution in [2.45, 2.75) is 56.3 Å². The number of hydrogen-bond acceptors (Lipinski definition) is 8. The molecule has 0 aliphatic rings. The van der Waals surface area contributed by atoms with Gasteiger partial charge in [0.2, 0.25) is 17.7 Å². The summed E-state index contributed by atoms with van der Waals surface area (Å²) >= 11 is 0. The van der Waals surface area contributed by atoms with E-state index in [0.717, 1.165) is 16.5 Å². The van der Waals surface area contributed by atoms with Gasteiger partial charge >= 0.3 is 11.9 Å². The summed E-state index contributed by atoms with van der Waals surface area (Å²) in [4.78, 5) is 64.0. The molecule has 0 saturated heterocycles. The molecule has 0 aliphatic carbocycles. The van der Waals surface area contributed by atoms with E-state index in [1.54, 1.807) is 6.20 Å². The molecule has 208 valence electrons. The molecule has 1 heterocycles. The maximum absolute atomic E-state index is 13.0. The SMILES string of the molecule is NCCCCC(NC(=O)C(CC(=O)O)NC(=O)C(N)Cc1c[nH]c2ccccc12)C(=O)NC(CO)C(=O)O. The van der Waals surface area contributed by atoms with Crippen LogP contribution in [0.2, 0.25) is 0 Å². The van der Waals surface area contributed by atoms with Gasteiger partial charge in [-0.1, -0.05) is 18.2 Å². The van der Waals surface area contributed by atoms with E-state index in [-0.39, 0.29) is 12.8 Å². The van der Waals surface area contributed by atoms with Gasteiger partial charge in [0.1, 0.15) is 18.1 Å². The van der Waals surface area contributed by atoms with Gasteiger partial charge in [0.25, 0.3) is 0 Å². The summed E-state index contributed by atoms with van der Waals surface area (Å²) in [5.74, 6) is -5.50. The first-order valence-electron chi connectivity index (χ1n) is 12.0. The highest BCUT2D eigenvalue weighted by molar-refractivity contribution is 5.96. The number of hydrogen-bond donors (Lipinski definition) is 9. The summed E-state index contributed by atoms with van der Waals surface area (Å²) in [5, 5.41) is 35.2. The zero-order valence-corrected chi connectivity index (χ0v) is 20.7. The predicted octanol–water partition coefficient (Wildman–Crippen LogP) is -1.83. The second kappa shape index (κ2) is 14.7. The Bertz CT molecular complexity index is 1140. The van der Waals surface area contributed by atoms with Crippen molar-refractivity contribution in [2.24, 2.45) is 11.5 Å². The number of H-pyrrole nitrogens is 1. The van der Waals surface area contributed by atoms with Crippen molar-refractivity contribution < 1.29 is 39.3 Å². The maximum Gasteiger partial charge on any atom is 0.328 e. The van der Waals surface area contributed by atoms with E-state index >= 15 is 0 Å². The van der Waals surface area contributed by atoms with Gasteiger partial charge in [-0.3, -0.25) is 19.2 Å². The van der Waals surface area contributed by atoms with Crippen LogP contribution in [-0.2, 0) is 30.4 Å². The van der Waals surface area contributed by atoms with E-state index in [1.807, 2.05) is 24.3 Å². The number of amides is 3. The highest BCUT2D eigenvalue weighted by Crippen LogP contribution is 2.18. The van der Waals surface area contributed by atoms with E-state index in [1.165, 1.54) is 0 Å². The lowest BCUT2D eigenvalue weighted by atomic mass is 10.0. The number of benzene rings is 1. The third-order valence-electron chi connectivity index (χ3n) is 5.84. The molecule has 0 radical (unpaired) electrons. The van der Waals surface area contributed by atoms with E-state index in [2.05, 4.69) is 20.9 Å². The first-order valence-corrected chi connectivity index (χ1v) is 12.0. The molecule has 38 heavy (non-hydrogen) atoms. The van der Waals surface area contributed by atoms with Crippen LogP contribution in [0.25, 0.3) is 10.9 Å². The number of carbonyl (C=O) groups excluding carboxylic acids is 3. The second-order valence-corrected chi connectivity index (χ2v) is 8.76. The van der Waals surface area contributed by atoms with Crippen molar-refractivity contribution in [3.63, 3.8) is 0 Å². The maximum atomic E-state index is 13.0. The molecule has 14 nitrogen and oxygen atoms in total. The third kappa shape index (κ3) is 8.83. The largest absolute Gasteiger partial charge is 0.481 e. The fourth-order valence-electron chi connectivity index (χ4n) is 3.78. The summed E-state index contributed by atoms with van der Waals surface area (Å²) in [6.07, 6.45) is 1.97. The minimum atomic E-state index is -1.60. The number of rotatable bonds is 16. The Labute approximate surface area is 218 Å². The number of carboxylic acid groups (broad SMARTS) is 2. The number of nitrogens with two attached hydrogens (primary N) is 2. The summed E-state index contributed by atoms with van der Waals surface area (Å²) in [7, 11) is 0. The van der Waals surface area contributed by atoms with Crippen molar-refractivity contribution in [2.75, 3.05) is 13.2 Å². The predicted molar refractivity (Wildman–Crippen MR) is 136 cm³/mol. The Kier molecular flexibility index (Phi) is 11.7. The van der Waals surface area contributed by atoms with Crippen LogP contribution < -0.4 is 27.4 Å². The topological polar surface area (TPSA) is 250 Å². The summed E-state index contributed by atoms with van der Waals surface area (Å²) < 4.78 is 0. The van der Waals surface area contributed by atoms with Crippen molar-refractivity contribution in [1.82, 2.24) is 20.9 Å². The quantitative estimate of drug-likeness (QED) is 0.109. The molecule has 1 aromatic heterocycles. The van der Waals surface area contributed by atoms with Gasteiger partial charge in [0, 0.05) is 17.1 Å². The molecule has 0 saturated carbocycles. The van der Waals surface area contributed by atoms with Gasteiger partial charge in [0.05, 0.1) is 19.1 Å². The Balaban J connectivity index is 2.12. The number of aliphatic hydroxyl groups excluding tert-OH is 1. The number of unbranched alkanes of at least 4 members (excludes halogenated alkanes) is 1. The van der Waals surface area contributed by atoms with Crippen LogP contribution in [0.1, 0.15) is 31.2 Å². The Morgan fingerprint density at radius 2 is 1.53 bits per heavy atom. The van der Waals surface area contributed by atoms with Crippen LogP contribution in [-0.4, -0.2) is 87.3 Å². The zero-order valence-electron chi connectivity index (χ0n) is 20.7. The highest BCUT2D eigenvalue weighted by Gasteiger charge is 2.31. The number of carboxylic acids is 2. The molecule has 0 fully saturated rings. The molecule has 1 aromatic carbocycles. The van der Waals surface area contributed by atoms with Crippen molar-refractivity contribution in [3.05, 3.63) is 36.0 Å². The van der Waals surface area contributed by atoms with Crippen LogP contribution in [0.3, 0.4) is 0 Å². The van der Waals surface area contributed by atoms with Gasteiger partial charge in [-0.2, -0.15) is 0 Å². The number of nitrogens with one attached hydrogen (secondary N) is 4. The molecular formula is C24H34N6O8. The molecule has 4 atom stereocenters. The van der Waals surface area contributed by atoms with E-state index in [9.17, 15) is 34.2 Å². The van der Waals surface area contributed by atoms with Crippen molar-refractivity contribution >= 4 is 40.6 Å². The molecule has 11 N–H and O–H groups in total. The number of aromatic nitrogens is 1. The molecule has 4 unspecified atom stereocenters. The average Bonchev–Trinajstić information content (AvgIpc) is 3.28. The second-order valence-electron chi connectivity index (χ2n) is 8.76. The number of aliphatic carboxylic acids is 2. The molecule has 0 spiro atoms. The normalized spacial score (nSPS) is 14.2. The first kappa shape index (κ1) is 30.2. The lowest BCUT2D eigenvalue weighted by Gasteiger charge is -2.24. The van der Waals surface area contributed by atoms with E-state index in [0.29, 0.717) is 19.4 Å². The van der Waals surface area contributed by atoms with Crippen LogP contribution >= 0.6 is 0 Å². The monoisotopic (exact) mass is 534 g/mol. The molecule has 0 bridgehead atoms. The average molecular weight is 535 g/mol. The molecule has 3 amide bonds. The lowest BCUT2D eigenvalue weighted by Crippen LogP contribution is -2.58. The van der Waals surface area contributed by atoms with Gasteiger partial charge < -0.3 is 47.7 Å². The molecule has 2 rings (SSSR count).